The third kappa shape index (κ3) is 4.19. The molecule has 0 spiro atoms. The third-order valence-corrected chi connectivity index (χ3v) is 11.3. The molecule has 4 heteroatoms. The third-order valence-electron chi connectivity index (χ3n) is 11.3. The van der Waals surface area contributed by atoms with Gasteiger partial charge in [0.05, 0.1) is 6.04 Å². The highest BCUT2D eigenvalue weighted by Crippen LogP contribution is 2.66. The summed E-state index contributed by atoms with van der Waals surface area (Å²) in [7, 11) is 0. The molecular formula is C34H43NO3. The van der Waals surface area contributed by atoms with Crippen molar-refractivity contribution in [3.05, 3.63) is 59.7 Å². The average Bonchev–Trinajstić information content (AvgIpc) is 3.25. The second-order valence-corrected chi connectivity index (χ2v) is 13.2. The first-order chi connectivity index (χ1) is 18.2. The Kier molecular flexibility index (Phi) is 6.44. The number of fused-ring (bicyclic) bond motifs is 6. The molecule has 4 aliphatic rings. The Hall–Kier alpha value is -2.62. The maximum atomic E-state index is 13.8. The molecule has 0 aliphatic heterocycles. The summed E-state index contributed by atoms with van der Waals surface area (Å²) >= 11 is 0. The van der Waals surface area contributed by atoms with Crippen LogP contribution in [0.15, 0.2) is 54.1 Å². The smallest absolute Gasteiger partial charge is 0.303 e. The van der Waals surface area contributed by atoms with Crippen molar-refractivity contribution in [1.82, 2.24) is 5.32 Å². The number of carbonyl (C=O) groups excluding carboxylic acids is 2. The molecule has 0 heterocycles. The number of hydrogen-bond donors (Lipinski definition) is 1. The van der Waals surface area contributed by atoms with E-state index in [0.29, 0.717) is 17.8 Å². The van der Waals surface area contributed by atoms with Crippen LogP contribution in [-0.2, 0) is 14.3 Å². The number of nitrogens with one attached hydrogen (secondary N) is 1. The molecule has 0 bridgehead atoms. The van der Waals surface area contributed by atoms with Gasteiger partial charge in [-0.2, -0.15) is 0 Å². The van der Waals surface area contributed by atoms with Crippen molar-refractivity contribution in [2.45, 2.75) is 91.2 Å². The molecule has 2 aromatic rings. The lowest BCUT2D eigenvalue weighted by Crippen LogP contribution is -2.52. The molecule has 0 radical (unpaired) electrons. The maximum Gasteiger partial charge on any atom is 0.303 e. The van der Waals surface area contributed by atoms with E-state index in [0.717, 1.165) is 32.1 Å². The summed E-state index contributed by atoms with van der Waals surface area (Å²) in [6, 6.07) is 14.9. The fourth-order valence-electron chi connectivity index (χ4n) is 9.31. The number of ether oxygens (including phenoxy) is 1. The van der Waals surface area contributed by atoms with Gasteiger partial charge >= 0.3 is 5.97 Å². The number of amides is 1. The zero-order valence-corrected chi connectivity index (χ0v) is 23.5. The second-order valence-electron chi connectivity index (χ2n) is 13.2. The Morgan fingerprint density at radius 1 is 0.947 bits per heavy atom. The predicted molar refractivity (Wildman–Crippen MR) is 151 cm³/mol. The van der Waals surface area contributed by atoms with Crippen LogP contribution in [-0.4, -0.2) is 18.0 Å². The van der Waals surface area contributed by atoms with E-state index in [1.165, 1.54) is 48.1 Å². The quantitative estimate of drug-likeness (QED) is 0.340. The van der Waals surface area contributed by atoms with Crippen molar-refractivity contribution < 1.29 is 14.3 Å². The fourth-order valence-corrected chi connectivity index (χ4v) is 9.31. The van der Waals surface area contributed by atoms with E-state index in [9.17, 15) is 9.59 Å². The van der Waals surface area contributed by atoms with Gasteiger partial charge < -0.3 is 10.1 Å². The zero-order valence-electron chi connectivity index (χ0n) is 23.5. The number of carbonyl (C=O) groups is 2. The van der Waals surface area contributed by atoms with Crippen molar-refractivity contribution in [2.75, 3.05) is 0 Å². The van der Waals surface area contributed by atoms with Crippen LogP contribution in [0.25, 0.3) is 10.8 Å². The summed E-state index contributed by atoms with van der Waals surface area (Å²) in [4.78, 5) is 25.3. The summed E-state index contributed by atoms with van der Waals surface area (Å²) in [5, 5.41) is 5.87. The van der Waals surface area contributed by atoms with Gasteiger partial charge in [-0.1, -0.05) is 55.8 Å². The fraction of sp³-hybridized carbons (Fsp3) is 0.588. The van der Waals surface area contributed by atoms with Crippen LogP contribution in [0, 0.1) is 34.5 Å². The lowest BCUT2D eigenvalue weighted by atomic mass is 9.47. The van der Waals surface area contributed by atoms with Crippen LogP contribution in [0.3, 0.4) is 0 Å². The largest absolute Gasteiger partial charge is 0.458 e. The van der Waals surface area contributed by atoms with E-state index in [1.807, 2.05) is 0 Å². The van der Waals surface area contributed by atoms with Gasteiger partial charge in [-0.3, -0.25) is 9.59 Å². The SMILES string of the molecule is CC(=O)O[C@@H]1C=C2CC[C@H]3[C@@H]4CC[C@H](C(=O)N[C@H](C)c5ccc6ccccc6c5)[C@@]4(C)CC[C@@H]3[C@@]2(C)CC1. The molecule has 4 aliphatic carbocycles. The van der Waals surface area contributed by atoms with E-state index in [4.69, 9.17) is 4.74 Å². The Bertz CT molecular complexity index is 1280. The Morgan fingerprint density at radius 3 is 2.53 bits per heavy atom. The van der Waals surface area contributed by atoms with Crippen LogP contribution in [0.2, 0.25) is 0 Å². The van der Waals surface area contributed by atoms with Crippen molar-refractivity contribution in [3.63, 3.8) is 0 Å². The van der Waals surface area contributed by atoms with Crippen molar-refractivity contribution >= 4 is 22.6 Å². The first kappa shape index (κ1) is 25.6. The molecule has 0 saturated heterocycles. The normalized spacial score (nSPS) is 36.8. The van der Waals surface area contributed by atoms with Gasteiger partial charge in [-0.05, 0) is 115 Å². The van der Waals surface area contributed by atoms with Gasteiger partial charge in [0.15, 0.2) is 0 Å². The topological polar surface area (TPSA) is 55.4 Å². The minimum atomic E-state index is -0.178. The molecule has 1 amide bonds. The zero-order chi connectivity index (χ0) is 26.7. The van der Waals surface area contributed by atoms with Crippen molar-refractivity contribution in [3.8, 4) is 0 Å². The molecule has 202 valence electrons. The van der Waals surface area contributed by atoms with Crippen LogP contribution in [0.1, 0.15) is 90.7 Å². The van der Waals surface area contributed by atoms with Gasteiger partial charge in [0, 0.05) is 12.8 Å². The van der Waals surface area contributed by atoms with Crippen LogP contribution >= 0.6 is 0 Å². The first-order valence-corrected chi connectivity index (χ1v) is 14.9. The van der Waals surface area contributed by atoms with Gasteiger partial charge in [-0.25, -0.2) is 0 Å². The minimum absolute atomic E-state index is 0.000196. The molecule has 3 fully saturated rings. The lowest BCUT2D eigenvalue weighted by Gasteiger charge is -2.58. The van der Waals surface area contributed by atoms with Crippen LogP contribution in [0.5, 0.6) is 0 Å². The van der Waals surface area contributed by atoms with Crippen LogP contribution < -0.4 is 5.32 Å². The van der Waals surface area contributed by atoms with Crippen molar-refractivity contribution in [1.29, 1.82) is 0 Å². The highest BCUT2D eigenvalue weighted by molar-refractivity contribution is 5.84. The average molecular weight is 514 g/mol. The summed E-state index contributed by atoms with van der Waals surface area (Å²) in [6.45, 7) is 8.54. The molecule has 8 atom stereocenters. The number of rotatable bonds is 4. The van der Waals surface area contributed by atoms with E-state index in [-0.39, 0.29) is 40.8 Å². The highest BCUT2D eigenvalue weighted by Gasteiger charge is 2.60. The monoisotopic (exact) mass is 513 g/mol. The van der Waals surface area contributed by atoms with Crippen LogP contribution in [0.4, 0.5) is 0 Å². The van der Waals surface area contributed by atoms with Gasteiger partial charge in [0.25, 0.3) is 0 Å². The summed E-state index contributed by atoms with van der Waals surface area (Å²) < 4.78 is 5.57. The molecule has 3 saturated carbocycles. The molecule has 0 aromatic heterocycles. The van der Waals surface area contributed by atoms with E-state index >= 15 is 0 Å². The van der Waals surface area contributed by atoms with E-state index in [1.54, 1.807) is 0 Å². The Morgan fingerprint density at radius 2 is 1.74 bits per heavy atom. The van der Waals surface area contributed by atoms with E-state index < -0.39 is 0 Å². The van der Waals surface area contributed by atoms with Gasteiger partial charge in [-0.15, -0.1) is 0 Å². The molecule has 6 rings (SSSR count). The number of benzene rings is 2. The Labute approximate surface area is 227 Å². The Balaban J connectivity index is 1.17. The summed E-state index contributed by atoms with van der Waals surface area (Å²) in [6.07, 6.45) is 11.1. The van der Waals surface area contributed by atoms with Crippen molar-refractivity contribution in [2.24, 2.45) is 34.5 Å². The molecule has 0 unspecified atom stereocenters. The summed E-state index contributed by atoms with van der Waals surface area (Å²) in [5.74, 6) is 2.16. The molecule has 4 nitrogen and oxygen atoms in total. The molecule has 1 N–H and O–H groups in total. The maximum absolute atomic E-state index is 13.8. The standard InChI is InChI=1S/C34H43NO3/c1-21(24-10-9-23-7-5-6-8-25(23)19-24)35-32(37)31-14-13-29-28-12-11-26-20-27(38-22(2)36)15-17-33(26,3)30(28)16-18-34(29,31)4/h5-10,19-21,27-31H,11-18H2,1-4H3,(H,35,37)/t21-,27+,28+,29+,30+,31-,33+,34+/m1/s1. The van der Waals surface area contributed by atoms with Gasteiger partial charge in [0.2, 0.25) is 5.91 Å². The second kappa shape index (κ2) is 9.54. The molecule has 2 aromatic carbocycles. The lowest BCUT2D eigenvalue weighted by molar-refractivity contribution is -0.146. The number of esters is 1. The first-order valence-electron chi connectivity index (χ1n) is 14.9. The summed E-state index contributed by atoms with van der Waals surface area (Å²) in [5.41, 5.74) is 2.99. The predicted octanol–water partition coefficient (Wildman–Crippen LogP) is 7.53. The minimum Gasteiger partial charge on any atom is -0.458 e. The van der Waals surface area contributed by atoms with Gasteiger partial charge in [0.1, 0.15) is 6.10 Å². The molecular weight excluding hydrogens is 470 g/mol. The highest BCUT2D eigenvalue weighted by atomic mass is 16.5. The van der Waals surface area contributed by atoms with E-state index in [2.05, 4.69) is 74.6 Å². The molecule has 38 heavy (non-hydrogen) atoms. The number of allylic oxidation sites excluding steroid dienone is 1. The number of hydrogen-bond acceptors (Lipinski definition) is 3.